The third-order valence-electron chi connectivity index (χ3n) is 4.16. The van der Waals surface area contributed by atoms with Gasteiger partial charge in [-0.25, -0.2) is 4.79 Å². The largest absolute Gasteiger partial charge is 0.493 e. The van der Waals surface area contributed by atoms with Crippen molar-refractivity contribution < 1.29 is 14.6 Å². The van der Waals surface area contributed by atoms with E-state index in [0.717, 1.165) is 30.6 Å². The number of ether oxygens (including phenoxy) is 1. The topological polar surface area (TPSA) is 75.8 Å². The lowest BCUT2D eigenvalue weighted by Gasteiger charge is -2.37. The molecule has 2 heterocycles. The van der Waals surface area contributed by atoms with Crippen LogP contribution < -0.4 is 15.4 Å². The highest BCUT2D eigenvalue weighted by molar-refractivity contribution is 5.84. The van der Waals surface area contributed by atoms with Gasteiger partial charge in [-0.15, -0.1) is 0 Å². The molecule has 1 aromatic rings. The van der Waals surface area contributed by atoms with Gasteiger partial charge in [0.15, 0.2) is 0 Å². The van der Waals surface area contributed by atoms with Crippen molar-refractivity contribution >= 4 is 11.7 Å². The highest BCUT2D eigenvalue weighted by atomic mass is 16.5. The SMILES string of the molecule is CN1CCCc2c1ccc1c2C(N)(C(=O)O)CCO1. The van der Waals surface area contributed by atoms with Gasteiger partial charge in [-0.2, -0.15) is 0 Å². The van der Waals surface area contributed by atoms with E-state index in [0.29, 0.717) is 24.3 Å². The molecule has 0 saturated heterocycles. The van der Waals surface area contributed by atoms with E-state index in [4.69, 9.17) is 10.5 Å². The first-order valence-electron chi connectivity index (χ1n) is 6.56. The molecule has 0 saturated carbocycles. The second kappa shape index (κ2) is 4.13. The van der Waals surface area contributed by atoms with Crippen LogP contribution in [0.3, 0.4) is 0 Å². The Morgan fingerprint density at radius 1 is 1.53 bits per heavy atom. The maximum Gasteiger partial charge on any atom is 0.328 e. The van der Waals surface area contributed by atoms with Crippen LogP contribution >= 0.6 is 0 Å². The van der Waals surface area contributed by atoms with Gasteiger partial charge >= 0.3 is 5.97 Å². The molecule has 0 spiro atoms. The van der Waals surface area contributed by atoms with Gasteiger partial charge < -0.3 is 20.5 Å². The number of nitrogens with two attached hydrogens (primary N) is 1. The molecule has 3 rings (SSSR count). The molecule has 0 bridgehead atoms. The molecular formula is C14H18N2O3. The average molecular weight is 262 g/mol. The van der Waals surface area contributed by atoms with Crippen LogP contribution in [-0.4, -0.2) is 31.3 Å². The van der Waals surface area contributed by atoms with Crippen LogP contribution in [-0.2, 0) is 16.8 Å². The zero-order valence-electron chi connectivity index (χ0n) is 11.0. The molecule has 0 aliphatic carbocycles. The molecule has 0 radical (unpaired) electrons. The number of anilines is 1. The molecule has 3 N–H and O–H groups in total. The van der Waals surface area contributed by atoms with E-state index in [9.17, 15) is 9.90 Å². The van der Waals surface area contributed by atoms with E-state index in [1.165, 1.54) is 0 Å². The van der Waals surface area contributed by atoms with Gasteiger partial charge in [-0.1, -0.05) is 0 Å². The Morgan fingerprint density at radius 2 is 2.32 bits per heavy atom. The number of aliphatic carboxylic acids is 1. The van der Waals surface area contributed by atoms with Crippen LogP contribution in [0.5, 0.6) is 5.75 Å². The first-order chi connectivity index (χ1) is 9.04. The second-order valence-electron chi connectivity index (χ2n) is 5.34. The second-order valence-corrected chi connectivity index (χ2v) is 5.34. The Hall–Kier alpha value is -1.75. The molecule has 1 atom stereocenters. The number of carboxylic acid groups (broad SMARTS) is 1. The molecule has 0 amide bonds. The first-order valence-corrected chi connectivity index (χ1v) is 6.56. The first kappa shape index (κ1) is 12.3. The quantitative estimate of drug-likeness (QED) is 0.792. The van der Waals surface area contributed by atoms with Crippen molar-refractivity contribution in [3.63, 3.8) is 0 Å². The summed E-state index contributed by atoms with van der Waals surface area (Å²) in [6.45, 7) is 1.34. The average Bonchev–Trinajstić information content (AvgIpc) is 2.38. The number of hydrogen-bond donors (Lipinski definition) is 2. The molecule has 102 valence electrons. The van der Waals surface area contributed by atoms with Crippen molar-refractivity contribution in [3.05, 3.63) is 23.3 Å². The van der Waals surface area contributed by atoms with E-state index < -0.39 is 11.5 Å². The van der Waals surface area contributed by atoms with Crippen LogP contribution in [0.15, 0.2) is 12.1 Å². The van der Waals surface area contributed by atoms with E-state index in [-0.39, 0.29) is 0 Å². The van der Waals surface area contributed by atoms with E-state index in [1.54, 1.807) is 0 Å². The minimum atomic E-state index is -1.32. The Bertz CT molecular complexity index is 544. The number of rotatable bonds is 1. The molecule has 2 aliphatic heterocycles. The third kappa shape index (κ3) is 1.69. The molecule has 1 aromatic carbocycles. The van der Waals surface area contributed by atoms with Crippen molar-refractivity contribution in [1.29, 1.82) is 0 Å². The highest BCUT2D eigenvalue weighted by Crippen LogP contribution is 2.43. The minimum Gasteiger partial charge on any atom is -0.493 e. The van der Waals surface area contributed by atoms with E-state index in [2.05, 4.69) is 4.90 Å². The molecule has 1 unspecified atom stereocenters. The number of carbonyl (C=O) groups is 1. The van der Waals surface area contributed by atoms with Crippen LogP contribution in [0.4, 0.5) is 5.69 Å². The van der Waals surface area contributed by atoms with Gasteiger partial charge in [0.25, 0.3) is 0 Å². The summed E-state index contributed by atoms with van der Waals surface area (Å²) in [5.41, 5.74) is 7.65. The fraction of sp³-hybridized carbons (Fsp3) is 0.500. The van der Waals surface area contributed by atoms with Crippen molar-refractivity contribution in [1.82, 2.24) is 0 Å². The van der Waals surface area contributed by atoms with Crippen LogP contribution in [0.1, 0.15) is 24.0 Å². The van der Waals surface area contributed by atoms with E-state index >= 15 is 0 Å². The predicted molar refractivity (Wildman–Crippen MR) is 71.6 cm³/mol. The fourth-order valence-electron chi connectivity index (χ4n) is 3.11. The summed E-state index contributed by atoms with van der Waals surface area (Å²) in [5.74, 6) is -0.344. The third-order valence-corrected chi connectivity index (χ3v) is 4.16. The van der Waals surface area contributed by atoms with Crippen molar-refractivity contribution in [2.24, 2.45) is 5.73 Å². The predicted octanol–water partition coefficient (Wildman–Crippen LogP) is 1.09. The zero-order chi connectivity index (χ0) is 13.6. The van der Waals surface area contributed by atoms with Crippen molar-refractivity contribution in [2.45, 2.75) is 24.8 Å². The van der Waals surface area contributed by atoms with Gasteiger partial charge in [0.2, 0.25) is 0 Å². The number of fused-ring (bicyclic) bond motifs is 3. The summed E-state index contributed by atoms with van der Waals surface area (Å²) in [4.78, 5) is 13.8. The molecular weight excluding hydrogens is 244 g/mol. The van der Waals surface area contributed by atoms with Gasteiger partial charge in [0.05, 0.1) is 6.61 Å². The highest BCUT2D eigenvalue weighted by Gasteiger charge is 2.44. The maximum atomic E-state index is 11.6. The summed E-state index contributed by atoms with van der Waals surface area (Å²) >= 11 is 0. The van der Waals surface area contributed by atoms with Gasteiger partial charge in [-0.05, 0) is 30.5 Å². The van der Waals surface area contributed by atoms with Crippen molar-refractivity contribution in [2.75, 3.05) is 25.1 Å². The van der Waals surface area contributed by atoms with Gasteiger partial charge in [0.1, 0.15) is 11.3 Å². The summed E-state index contributed by atoms with van der Waals surface area (Å²) in [6, 6.07) is 3.85. The molecule has 5 heteroatoms. The molecule has 5 nitrogen and oxygen atoms in total. The van der Waals surface area contributed by atoms with Crippen molar-refractivity contribution in [3.8, 4) is 5.75 Å². The summed E-state index contributed by atoms with van der Waals surface area (Å²) in [5, 5.41) is 9.52. The lowest BCUT2D eigenvalue weighted by molar-refractivity contribution is -0.145. The Labute approximate surface area is 112 Å². The lowest BCUT2D eigenvalue weighted by Crippen LogP contribution is -2.49. The summed E-state index contributed by atoms with van der Waals surface area (Å²) < 4.78 is 5.61. The normalized spacial score (nSPS) is 25.3. The number of hydrogen-bond acceptors (Lipinski definition) is 4. The Balaban J connectivity index is 2.24. The standard InChI is InChI=1S/C14H18N2O3/c1-16-7-2-3-9-10(16)4-5-11-12(9)14(15,13(17)18)6-8-19-11/h4-5H,2-3,6-8,15H2,1H3,(H,17,18). The van der Waals surface area contributed by atoms with Crippen LogP contribution in [0, 0.1) is 0 Å². The van der Waals surface area contributed by atoms with Gasteiger partial charge in [-0.3, -0.25) is 0 Å². The molecule has 19 heavy (non-hydrogen) atoms. The summed E-state index contributed by atoms with van der Waals surface area (Å²) in [6.07, 6.45) is 2.18. The van der Waals surface area contributed by atoms with Crippen LogP contribution in [0.2, 0.25) is 0 Å². The van der Waals surface area contributed by atoms with Gasteiger partial charge in [0, 0.05) is 31.3 Å². The molecule has 2 aliphatic rings. The fourth-order valence-corrected chi connectivity index (χ4v) is 3.11. The lowest BCUT2D eigenvalue weighted by atomic mass is 9.80. The minimum absolute atomic E-state index is 0.315. The Morgan fingerprint density at radius 3 is 3.05 bits per heavy atom. The molecule has 0 fully saturated rings. The number of carboxylic acids is 1. The number of benzene rings is 1. The van der Waals surface area contributed by atoms with Crippen LogP contribution in [0.25, 0.3) is 0 Å². The Kier molecular flexibility index (Phi) is 2.67. The number of nitrogens with zero attached hydrogens (tertiary/aromatic N) is 1. The zero-order valence-corrected chi connectivity index (χ0v) is 11.0. The van der Waals surface area contributed by atoms with E-state index in [1.807, 2.05) is 19.2 Å². The summed E-state index contributed by atoms with van der Waals surface area (Å²) in [7, 11) is 2.02. The maximum absolute atomic E-state index is 11.6. The monoisotopic (exact) mass is 262 g/mol. The molecule has 0 aromatic heterocycles. The smallest absolute Gasteiger partial charge is 0.328 e.